The maximum absolute atomic E-state index is 12.2. The predicted octanol–water partition coefficient (Wildman–Crippen LogP) is 1.55. The van der Waals surface area contributed by atoms with Crippen LogP contribution in [-0.4, -0.2) is 48.8 Å². The Bertz CT molecular complexity index is 633. The van der Waals surface area contributed by atoms with Crippen molar-refractivity contribution in [2.75, 3.05) is 31.1 Å². The van der Waals surface area contributed by atoms with Crippen LogP contribution in [0.1, 0.15) is 44.0 Å². The van der Waals surface area contributed by atoms with Gasteiger partial charge in [-0.15, -0.1) is 0 Å². The maximum Gasteiger partial charge on any atom is 0.269 e. The Labute approximate surface area is 154 Å². The summed E-state index contributed by atoms with van der Waals surface area (Å²) in [6.07, 6.45) is 1.22. The number of benzene rings is 1. The van der Waals surface area contributed by atoms with E-state index in [1.807, 2.05) is 12.1 Å². The highest BCUT2D eigenvalue weighted by Gasteiger charge is 2.26. The lowest BCUT2D eigenvalue weighted by molar-refractivity contribution is -0.134. The minimum atomic E-state index is -0.342. The number of carbonyl (C=O) groups is 3. The summed E-state index contributed by atoms with van der Waals surface area (Å²) in [7, 11) is 0. The molecular weight excluding hydrogens is 332 g/mol. The summed E-state index contributed by atoms with van der Waals surface area (Å²) >= 11 is 0. The van der Waals surface area contributed by atoms with E-state index in [1.54, 1.807) is 17.0 Å². The molecule has 7 heteroatoms. The van der Waals surface area contributed by atoms with Crippen molar-refractivity contribution < 1.29 is 14.4 Å². The van der Waals surface area contributed by atoms with Crippen molar-refractivity contribution in [3.63, 3.8) is 0 Å². The molecule has 2 N–H and O–H groups in total. The zero-order valence-corrected chi connectivity index (χ0v) is 15.7. The molecule has 0 radical (unpaired) electrons. The fourth-order valence-electron chi connectivity index (χ4n) is 3.16. The fourth-order valence-corrected chi connectivity index (χ4v) is 3.16. The van der Waals surface area contributed by atoms with Crippen LogP contribution in [0.2, 0.25) is 0 Å². The second kappa shape index (κ2) is 9.22. The summed E-state index contributed by atoms with van der Waals surface area (Å²) in [6, 6.07) is 7.31. The van der Waals surface area contributed by atoms with Gasteiger partial charge in [0.05, 0.1) is 0 Å². The van der Waals surface area contributed by atoms with Crippen LogP contribution < -0.4 is 15.8 Å². The predicted molar refractivity (Wildman–Crippen MR) is 101 cm³/mol. The van der Waals surface area contributed by atoms with Gasteiger partial charge in [0.1, 0.15) is 0 Å². The van der Waals surface area contributed by atoms with Crippen molar-refractivity contribution in [2.24, 2.45) is 5.92 Å². The number of nitrogens with one attached hydrogen (secondary N) is 2. The molecule has 0 aliphatic carbocycles. The third-order valence-electron chi connectivity index (χ3n) is 4.87. The zero-order valence-electron chi connectivity index (χ0n) is 15.7. The molecule has 1 aliphatic rings. The summed E-state index contributed by atoms with van der Waals surface area (Å²) in [4.78, 5) is 39.6. The zero-order chi connectivity index (χ0) is 19.1. The van der Waals surface area contributed by atoms with Gasteiger partial charge >= 0.3 is 0 Å². The fraction of sp³-hybridized carbons (Fsp3) is 0.526. The molecule has 1 saturated heterocycles. The number of rotatable bonds is 5. The molecule has 26 heavy (non-hydrogen) atoms. The van der Waals surface area contributed by atoms with Crippen molar-refractivity contribution in [2.45, 2.75) is 33.6 Å². The van der Waals surface area contributed by atoms with E-state index in [9.17, 15) is 14.4 Å². The van der Waals surface area contributed by atoms with Gasteiger partial charge in [0, 0.05) is 50.3 Å². The van der Waals surface area contributed by atoms with E-state index in [0.717, 1.165) is 18.8 Å². The molecular formula is C19H28N4O3. The number of piperidine rings is 1. The lowest BCUT2D eigenvalue weighted by Crippen LogP contribution is -2.48. The third kappa shape index (κ3) is 4.97. The molecule has 1 aliphatic heterocycles. The van der Waals surface area contributed by atoms with Gasteiger partial charge in [0.25, 0.3) is 5.91 Å². The molecule has 0 bridgehead atoms. The quantitative estimate of drug-likeness (QED) is 0.781. The van der Waals surface area contributed by atoms with E-state index in [2.05, 4.69) is 29.6 Å². The highest BCUT2D eigenvalue weighted by molar-refractivity contribution is 5.95. The van der Waals surface area contributed by atoms with Crippen LogP contribution in [0.15, 0.2) is 24.3 Å². The number of anilines is 1. The standard InChI is InChI=1S/C19H28N4O3/c1-4-22(5-2)17-8-6-15(7-9-17)18(25)20-21-19(26)16-10-12-23(13-11-16)14(3)24/h6-9,16H,4-5,10-13H2,1-3H3,(H,20,25)(H,21,26). The molecule has 1 heterocycles. The second-order valence-corrected chi connectivity index (χ2v) is 6.44. The molecule has 1 aromatic rings. The molecule has 0 atom stereocenters. The summed E-state index contributed by atoms with van der Waals surface area (Å²) in [5.41, 5.74) is 6.53. The first-order chi connectivity index (χ1) is 12.5. The van der Waals surface area contributed by atoms with E-state index in [-0.39, 0.29) is 23.6 Å². The van der Waals surface area contributed by atoms with E-state index >= 15 is 0 Å². The Morgan fingerprint density at radius 3 is 2.12 bits per heavy atom. The maximum atomic E-state index is 12.2. The molecule has 1 fully saturated rings. The summed E-state index contributed by atoms with van der Waals surface area (Å²) in [6.45, 7) is 8.66. The molecule has 7 nitrogen and oxygen atoms in total. The topological polar surface area (TPSA) is 81.8 Å². The summed E-state index contributed by atoms with van der Waals surface area (Å²) < 4.78 is 0. The monoisotopic (exact) mass is 360 g/mol. The summed E-state index contributed by atoms with van der Waals surface area (Å²) in [5, 5.41) is 0. The molecule has 0 aromatic heterocycles. The van der Waals surface area contributed by atoms with Crippen LogP contribution in [0.3, 0.4) is 0 Å². The number of hydrogen-bond donors (Lipinski definition) is 2. The number of carbonyl (C=O) groups excluding carboxylic acids is 3. The van der Waals surface area contributed by atoms with Crippen LogP contribution in [0.5, 0.6) is 0 Å². The van der Waals surface area contributed by atoms with Gasteiger partial charge in [-0.05, 0) is 51.0 Å². The first kappa shape index (κ1) is 19.8. The minimum Gasteiger partial charge on any atom is -0.372 e. The SMILES string of the molecule is CCN(CC)c1ccc(C(=O)NNC(=O)C2CCN(C(C)=O)CC2)cc1. The van der Waals surface area contributed by atoms with Gasteiger partial charge in [-0.2, -0.15) is 0 Å². The van der Waals surface area contributed by atoms with E-state index in [1.165, 1.54) is 6.92 Å². The van der Waals surface area contributed by atoms with E-state index in [0.29, 0.717) is 31.5 Å². The van der Waals surface area contributed by atoms with Crippen LogP contribution in [-0.2, 0) is 9.59 Å². The van der Waals surface area contributed by atoms with Gasteiger partial charge in [-0.1, -0.05) is 0 Å². The van der Waals surface area contributed by atoms with Crippen LogP contribution in [0.4, 0.5) is 5.69 Å². The van der Waals surface area contributed by atoms with E-state index in [4.69, 9.17) is 0 Å². The smallest absolute Gasteiger partial charge is 0.269 e. The Morgan fingerprint density at radius 2 is 1.62 bits per heavy atom. The van der Waals surface area contributed by atoms with Gasteiger partial charge < -0.3 is 9.80 Å². The van der Waals surface area contributed by atoms with Gasteiger partial charge in [-0.25, -0.2) is 0 Å². The van der Waals surface area contributed by atoms with Gasteiger partial charge in [-0.3, -0.25) is 25.2 Å². The molecule has 0 unspecified atom stereocenters. The molecule has 0 saturated carbocycles. The normalized spacial score (nSPS) is 14.7. The number of hydrogen-bond acceptors (Lipinski definition) is 4. The number of likely N-dealkylation sites (tertiary alicyclic amines) is 1. The van der Waals surface area contributed by atoms with Crippen molar-refractivity contribution >= 4 is 23.4 Å². The van der Waals surface area contributed by atoms with E-state index < -0.39 is 0 Å². The highest BCUT2D eigenvalue weighted by atomic mass is 16.2. The van der Waals surface area contributed by atoms with Crippen molar-refractivity contribution in [1.82, 2.24) is 15.8 Å². The van der Waals surface area contributed by atoms with Crippen molar-refractivity contribution in [3.05, 3.63) is 29.8 Å². The van der Waals surface area contributed by atoms with Crippen molar-refractivity contribution in [1.29, 1.82) is 0 Å². The highest BCUT2D eigenvalue weighted by Crippen LogP contribution is 2.17. The average Bonchev–Trinajstić information content (AvgIpc) is 2.67. The summed E-state index contributed by atoms with van der Waals surface area (Å²) in [5.74, 6) is -0.701. The molecule has 2 rings (SSSR count). The number of nitrogens with zero attached hydrogens (tertiary/aromatic N) is 2. The van der Waals surface area contributed by atoms with Gasteiger partial charge in [0.2, 0.25) is 11.8 Å². The first-order valence-electron chi connectivity index (χ1n) is 9.17. The van der Waals surface area contributed by atoms with Crippen molar-refractivity contribution in [3.8, 4) is 0 Å². The molecule has 0 spiro atoms. The Kier molecular flexibility index (Phi) is 7.00. The first-order valence-corrected chi connectivity index (χ1v) is 9.17. The second-order valence-electron chi connectivity index (χ2n) is 6.44. The molecule has 1 aromatic carbocycles. The molecule has 3 amide bonds. The Hall–Kier alpha value is -2.57. The minimum absolute atomic E-state index is 0.0327. The lowest BCUT2D eigenvalue weighted by Gasteiger charge is -2.30. The lowest BCUT2D eigenvalue weighted by atomic mass is 9.96. The Morgan fingerprint density at radius 1 is 1.04 bits per heavy atom. The largest absolute Gasteiger partial charge is 0.372 e. The Balaban J connectivity index is 1.83. The van der Waals surface area contributed by atoms with Crippen LogP contribution in [0, 0.1) is 5.92 Å². The van der Waals surface area contributed by atoms with Crippen LogP contribution in [0.25, 0.3) is 0 Å². The molecule has 142 valence electrons. The third-order valence-corrected chi connectivity index (χ3v) is 4.87. The number of hydrazine groups is 1. The van der Waals surface area contributed by atoms with Gasteiger partial charge in [0.15, 0.2) is 0 Å². The number of amides is 3. The van der Waals surface area contributed by atoms with Crippen LogP contribution >= 0.6 is 0 Å². The average molecular weight is 360 g/mol.